The van der Waals surface area contributed by atoms with Crippen LogP contribution in [0.25, 0.3) is 0 Å². The first-order valence-electron chi connectivity index (χ1n) is 3.90. The minimum Gasteiger partial charge on any atom is -0.212 e. The van der Waals surface area contributed by atoms with Crippen molar-refractivity contribution < 1.29 is 8.42 Å². The zero-order valence-electron chi connectivity index (χ0n) is 8.07. The Kier molecular flexibility index (Phi) is 5.20. The summed E-state index contributed by atoms with van der Waals surface area (Å²) in [5.41, 5.74) is 0. The SMILES string of the molecule is CCS(=O)(=O)N(C)C(C)CSC. The average molecular weight is 211 g/mol. The standard InChI is InChI=1S/C7H17NO2S2/c1-5-12(9,10)8(3)7(2)6-11-4/h7H,5-6H2,1-4H3. The van der Waals surface area contributed by atoms with Gasteiger partial charge in [-0.25, -0.2) is 12.7 Å². The van der Waals surface area contributed by atoms with E-state index >= 15 is 0 Å². The van der Waals surface area contributed by atoms with Crippen LogP contribution in [0.4, 0.5) is 0 Å². The second-order valence-corrected chi connectivity index (χ2v) is 5.95. The van der Waals surface area contributed by atoms with Crippen molar-refractivity contribution in [3.05, 3.63) is 0 Å². The third-order valence-corrected chi connectivity index (χ3v) is 4.61. The van der Waals surface area contributed by atoms with Gasteiger partial charge in [0.1, 0.15) is 0 Å². The van der Waals surface area contributed by atoms with Gasteiger partial charge in [-0.15, -0.1) is 0 Å². The van der Waals surface area contributed by atoms with Gasteiger partial charge in [0.25, 0.3) is 0 Å². The van der Waals surface area contributed by atoms with Crippen molar-refractivity contribution >= 4 is 21.8 Å². The first kappa shape index (κ1) is 12.3. The van der Waals surface area contributed by atoms with Crippen LogP contribution < -0.4 is 0 Å². The molecule has 5 heteroatoms. The first-order chi connectivity index (χ1) is 5.45. The van der Waals surface area contributed by atoms with Gasteiger partial charge in [0.15, 0.2) is 0 Å². The van der Waals surface area contributed by atoms with E-state index in [1.54, 1.807) is 25.7 Å². The van der Waals surface area contributed by atoms with E-state index in [2.05, 4.69) is 0 Å². The summed E-state index contributed by atoms with van der Waals surface area (Å²) in [5, 5.41) is 0. The highest BCUT2D eigenvalue weighted by atomic mass is 32.2. The van der Waals surface area contributed by atoms with E-state index in [1.807, 2.05) is 13.2 Å². The van der Waals surface area contributed by atoms with Crippen molar-refractivity contribution in [1.29, 1.82) is 0 Å². The predicted octanol–water partition coefficient (Wildman–Crippen LogP) is 1.02. The minimum atomic E-state index is -3.00. The summed E-state index contributed by atoms with van der Waals surface area (Å²) in [6.45, 7) is 3.58. The molecule has 0 bridgehead atoms. The van der Waals surface area contributed by atoms with Gasteiger partial charge in [-0.1, -0.05) is 0 Å². The van der Waals surface area contributed by atoms with Gasteiger partial charge < -0.3 is 0 Å². The number of nitrogens with zero attached hydrogens (tertiary/aromatic N) is 1. The van der Waals surface area contributed by atoms with Gasteiger partial charge >= 0.3 is 0 Å². The molecule has 12 heavy (non-hydrogen) atoms. The Balaban J connectivity index is 4.28. The molecule has 1 unspecified atom stereocenters. The lowest BCUT2D eigenvalue weighted by Gasteiger charge is -2.22. The van der Waals surface area contributed by atoms with Crippen LogP contribution in [0, 0.1) is 0 Å². The molecule has 0 rings (SSSR count). The minimum absolute atomic E-state index is 0.0879. The molecule has 0 heterocycles. The fourth-order valence-electron chi connectivity index (χ4n) is 0.824. The summed E-state index contributed by atoms with van der Waals surface area (Å²) < 4.78 is 24.1. The fraction of sp³-hybridized carbons (Fsp3) is 1.00. The van der Waals surface area contributed by atoms with Crippen molar-refractivity contribution in [1.82, 2.24) is 4.31 Å². The lowest BCUT2D eigenvalue weighted by Crippen LogP contribution is -2.37. The molecule has 74 valence electrons. The molecule has 0 aromatic rings. The molecule has 0 radical (unpaired) electrons. The molecule has 0 N–H and O–H groups in total. The van der Waals surface area contributed by atoms with E-state index in [0.29, 0.717) is 0 Å². The summed E-state index contributed by atoms with van der Waals surface area (Å²) >= 11 is 1.66. The highest BCUT2D eigenvalue weighted by Gasteiger charge is 2.20. The van der Waals surface area contributed by atoms with Gasteiger partial charge in [-0.05, 0) is 20.1 Å². The van der Waals surface area contributed by atoms with Crippen molar-refractivity contribution in [2.24, 2.45) is 0 Å². The smallest absolute Gasteiger partial charge is 0.212 e. The molecular formula is C7H17NO2S2. The number of sulfonamides is 1. The van der Waals surface area contributed by atoms with Gasteiger partial charge in [0, 0.05) is 18.8 Å². The maximum atomic E-state index is 11.3. The van der Waals surface area contributed by atoms with Gasteiger partial charge in [0.05, 0.1) is 5.75 Å². The highest BCUT2D eigenvalue weighted by Crippen LogP contribution is 2.08. The molecule has 1 atom stereocenters. The summed E-state index contributed by atoms with van der Waals surface area (Å²) in [6.07, 6.45) is 1.98. The topological polar surface area (TPSA) is 37.4 Å². The maximum Gasteiger partial charge on any atom is 0.213 e. The van der Waals surface area contributed by atoms with Crippen LogP contribution in [0.1, 0.15) is 13.8 Å². The molecule has 0 fully saturated rings. The monoisotopic (exact) mass is 211 g/mol. The van der Waals surface area contributed by atoms with E-state index in [9.17, 15) is 8.42 Å². The Morgan fingerprint density at radius 1 is 1.50 bits per heavy atom. The summed E-state index contributed by atoms with van der Waals surface area (Å²) in [6, 6.07) is 0.0879. The predicted molar refractivity (Wildman–Crippen MR) is 55.1 cm³/mol. The fourth-order valence-corrected chi connectivity index (χ4v) is 2.65. The number of hydrogen-bond acceptors (Lipinski definition) is 3. The molecule has 0 aromatic heterocycles. The Morgan fingerprint density at radius 3 is 2.33 bits per heavy atom. The van der Waals surface area contributed by atoms with Crippen molar-refractivity contribution in [3.8, 4) is 0 Å². The van der Waals surface area contributed by atoms with Gasteiger partial charge in [-0.3, -0.25) is 0 Å². The van der Waals surface area contributed by atoms with Crippen molar-refractivity contribution in [2.45, 2.75) is 19.9 Å². The zero-order chi connectivity index (χ0) is 9.78. The Labute approximate surface area is 79.6 Å². The Morgan fingerprint density at radius 2 is 2.00 bits per heavy atom. The molecule has 0 aliphatic carbocycles. The van der Waals surface area contributed by atoms with E-state index in [1.165, 1.54) is 4.31 Å². The van der Waals surface area contributed by atoms with E-state index in [4.69, 9.17) is 0 Å². The number of rotatable bonds is 5. The van der Waals surface area contributed by atoms with Crippen LogP contribution in [0.3, 0.4) is 0 Å². The van der Waals surface area contributed by atoms with Gasteiger partial charge in [0.2, 0.25) is 10.0 Å². The number of hydrogen-bond donors (Lipinski definition) is 0. The molecule has 0 saturated carbocycles. The molecule has 0 saturated heterocycles. The highest BCUT2D eigenvalue weighted by molar-refractivity contribution is 7.98. The largest absolute Gasteiger partial charge is 0.213 e. The quantitative estimate of drug-likeness (QED) is 0.681. The third-order valence-electron chi connectivity index (χ3n) is 1.83. The van der Waals surface area contributed by atoms with E-state index in [0.717, 1.165) is 5.75 Å². The number of thioether (sulfide) groups is 1. The third kappa shape index (κ3) is 3.33. The molecule has 0 aliphatic rings. The lowest BCUT2D eigenvalue weighted by molar-refractivity contribution is 0.416. The van der Waals surface area contributed by atoms with Crippen molar-refractivity contribution in [3.63, 3.8) is 0 Å². The van der Waals surface area contributed by atoms with Crippen LogP contribution >= 0.6 is 11.8 Å². The lowest BCUT2D eigenvalue weighted by atomic mass is 10.4. The molecule has 0 aromatic carbocycles. The van der Waals surface area contributed by atoms with E-state index in [-0.39, 0.29) is 11.8 Å². The second-order valence-electron chi connectivity index (χ2n) is 2.72. The molecule has 0 amide bonds. The molecule has 0 spiro atoms. The zero-order valence-corrected chi connectivity index (χ0v) is 9.70. The van der Waals surface area contributed by atoms with E-state index < -0.39 is 10.0 Å². The molecular weight excluding hydrogens is 194 g/mol. The summed E-state index contributed by atoms with van der Waals surface area (Å²) in [7, 11) is -1.36. The summed E-state index contributed by atoms with van der Waals surface area (Å²) in [5.74, 6) is 1.03. The summed E-state index contributed by atoms with van der Waals surface area (Å²) in [4.78, 5) is 0. The van der Waals surface area contributed by atoms with Crippen LogP contribution in [0.15, 0.2) is 0 Å². The molecule has 3 nitrogen and oxygen atoms in total. The van der Waals surface area contributed by atoms with Gasteiger partial charge in [-0.2, -0.15) is 11.8 Å². The first-order valence-corrected chi connectivity index (χ1v) is 6.90. The second kappa shape index (κ2) is 5.09. The molecule has 0 aliphatic heterocycles. The normalized spacial score (nSPS) is 15.1. The Hall–Kier alpha value is 0.260. The van der Waals surface area contributed by atoms with Crippen molar-refractivity contribution in [2.75, 3.05) is 24.8 Å². The maximum absolute atomic E-state index is 11.3. The Bertz CT molecular complexity index is 213. The van der Waals surface area contributed by atoms with Crippen LogP contribution in [-0.2, 0) is 10.0 Å². The van der Waals surface area contributed by atoms with Crippen LogP contribution in [0.2, 0.25) is 0 Å². The van der Waals surface area contributed by atoms with Crippen LogP contribution in [0.5, 0.6) is 0 Å². The van der Waals surface area contributed by atoms with Crippen LogP contribution in [-0.4, -0.2) is 43.6 Å². The average Bonchev–Trinajstić information content (AvgIpc) is 2.03.